The molecule has 0 aliphatic carbocycles. The van der Waals surface area contributed by atoms with Crippen molar-refractivity contribution in [3.8, 4) is 0 Å². The number of halogens is 1. The first-order chi connectivity index (χ1) is 6.80. The molecule has 0 aromatic carbocycles. The average molecular weight is 232 g/mol. The highest BCUT2D eigenvalue weighted by Crippen LogP contribution is 2.16. The van der Waals surface area contributed by atoms with Crippen LogP contribution in [-0.4, -0.2) is 11.9 Å². The fourth-order valence-corrected chi connectivity index (χ4v) is 2.50. The zero-order chi connectivity index (χ0) is 10.4. The van der Waals surface area contributed by atoms with Gasteiger partial charge in [-0.25, -0.2) is 0 Å². The predicted molar refractivity (Wildman–Crippen MR) is 65.3 cm³/mol. The molecule has 0 aliphatic heterocycles. The Morgan fingerprint density at radius 1 is 1.36 bits per heavy atom. The molecule has 1 N–H and O–H groups in total. The number of aryl methyl sites for hydroxylation is 1. The summed E-state index contributed by atoms with van der Waals surface area (Å²) >= 11 is 7.70. The largest absolute Gasteiger partial charge is 0.308 e. The molecule has 1 aromatic rings. The minimum Gasteiger partial charge on any atom is -0.308 e. The van der Waals surface area contributed by atoms with Crippen molar-refractivity contribution in [2.45, 2.75) is 39.3 Å². The predicted octanol–water partition coefficient (Wildman–Crippen LogP) is 3.42. The van der Waals surface area contributed by atoms with Crippen LogP contribution in [0.1, 0.15) is 30.0 Å². The molecule has 0 aliphatic rings. The van der Waals surface area contributed by atoms with Gasteiger partial charge < -0.3 is 5.32 Å². The quantitative estimate of drug-likeness (QED) is 0.740. The van der Waals surface area contributed by atoms with Crippen molar-refractivity contribution in [1.82, 2.24) is 5.32 Å². The van der Waals surface area contributed by atoms with E-state index in [0.717, 1.165) is 19.4 Å². The molecule has 1 heterocycles. The van der Waals surface area contributed by atoms with Crippen LogP contribution in [0.4, 0.5) is 0 Å². The molecule has 80 valence electrons. The Morgan fingerprint density at radius 3 is 2.57 bits per heavy atom. The first kappa shape index (κ1) is 12.0. The lowest BCUT2D eigenvalue weighted by Crippen LogP contribution is -2.28. The zero-order valence-electron chi connectivity index (χ0n) is 8.85. The van der Waals surface area contributed by atoms with Gasteiger partial charge in [-0.05, 0) is 25.0 Å². The zero-order valence-corrected chi connectivity index (χ0v) is 10.4. The molecule has 0 spiro atoms. The summed E-state index contributed by atoms with van der Waals surface area (Å²) in [7, 11) is 0. The molecule has 3 heteroatoms. The highest BCUT2D eigenvalue weighted by atomic mass is 35.5. The Kier molecular flexibility index (Phi) is 5.53. The highest BCUT2D eigenvalue weighted by Gasteiger charge is 2.04. The summed E-state index contributed by atoms with van der Waals surface area (Å²) in [5, 5.41) is 3.45. The summed E-state index contributed by atoms with van der Waals surface area (Å²) in [6.45, 7) is 5.30. The fourth-order valence-electron chi connectivity index (χ4n) is 1.26. The van der Waals surface area contributed by atoms with Gasteiger partial charge in [0.15, 0.2) is 0 Å². The second kappa shape index (κ2) is 6.44. The summed E-state index contributed by atoms with van der Waals surface area (Å²) in [6, 6.07) is 4.87. The van der Waals surface area contributed by atoms with Crippen LogP contribution < -0.4 is 5.32 Å². The van der Waals surface area contributed by atoms with Crippen molar-refractivity contribution in [3.63, 3.8) is 0 Å². The van der Waals surface area contributed by atoms with Crippen LogP contribution >= 0.6 is 22.9 Å². The van der Waals surface area contributed by atoms with Gasteiger partial charge in [0.25, 0.3) is 0 Å². The maximum atomic E-state index is 5.81. The third kappa shape index (κ3) is 3.60. The van der Waals surface area contributed by atoms with Gasteiger partial charge >= 0.3 is 0 Å². The number of nitrogens with one attached hydrogen (secondary N) is 1. The normalized spacial score (nSPS) is 13.1. The smallest absolute Gasteiger partial charge is 0.0377 e. The summed E-state index contributed by atoms with van der Waals surface area (Å²) in [4.78, 5) is 2.87. The summed E-state index contributed by atoms with van der Waals surface area (Å²) in [5.41, 5.74) is 0. The van der Waals surface area contributed by atoms with Crippen molar-refractivity contribution in [2.75, 3.05) is 5.88 Å². The van der Waals surface area contributed by atoms with Crippen LogP contribution in [0.2, 0.25) is 0 Å². The number of hydrogen-bond donors (Lipinski definition) is 1. The van der Waals surface area contributed by atoms with Crippen molar-refractivity contribution in [3.05, 3.63) is 21.9 Å². The van der Waals surface area contributed by atoms with E-state index in [1.54, 1.807) is 0 Å². The Balaban J connectivity index is 2.37. The lowest BCUT2D eigenvalue weighted by atomic mass is 10.2. The van der Waals surface area contributed by atoms with Gasteiger partial charge in [0.05, 0.1) is 0 Å². The van der Waals surface area contributed by atoms with E-state index < -0.39 is 0 Å². The number of rotatable bonds is 6. The van der Waals surface area contributed by atoms with Gasteiger partial charge in [0, 0.05) is 28.2 Å². The standard InChI is InChI=1S/C11H18ClNS/c1-3-9(7-12)13-8-11-6-5-10(4-2)14-11/h5-6,9,13H,3-4,7-8H2,1-2H3. The summed E-state index contributed by atoms with van der Waals surface area (Å²) in [5.74, 6) is 0.697. The Labute approximate surface area is 95.5 Å². The first-order valence-corrected chi connectivity index (χ1v) is 6.52. The summed E-state index contributed by atoms with van der Waals surface area (Å²) < 4.78 is 0. The molecule has 1 rings (SSSR count). The number of alkyl halides is 1. The second-order valence-electron chi connectivity index (χ2n) is 3.36. The highest BCUT2D eigenvalue weighted by molar-refractivity contribution is 7.11. The molecular weight excluding hydrogens is 214 g/mol. The van der Waals surface area contributed by atoms with Gasteiger partial charge in [-0.2, -0.15) is 0 Å². The van der Waals surface area contributed by atoms with Gasteiger partial charge in [-0.1, -0.05) is 13.8 Å². The molecule has 0 fully saturated rings. The molecule has 1 unspecified atom stereocenters. The molecule has 1 atom stereocenters. The van der Waals surface area contributed by atoms with E-state index in [4.69, 9.17) is 11.6 Å². The van der Waals surface area contributed by atoms with Crippen LogP contribution in [-0.2, 0) is 13.0 Å². The third-order valence-electron chi connectivity index (χ3n) is 2.31. The maximum absolute atomic E-state index is 5.81. The minimum absolute atomic E-state index is 0.448. The van der Waals surface area contributed by atoms with Gasteiger partial charge in [0.1, 0.15) is 0 Å². The van der Waals surface area contributed by atoms with E-state index in [2.05, 4.69) is 31.3 Å². The van der Waals surface area contributed by atoms with Crippen LogP contribution in [0.15, 0.2) is 12.1 Å². The van der Waals surface area contributed by atoms with Crippen molar-refractivity contribution < 1.29 is 0 Å². The Hall–Kier alpha value is -0.0500. The molecule has 0 saturated carbocycles. The van der Waals surface area contributed by atoms with Crippen LogP contribution in [0.3, 0.4) is 0 Å². The third-order valence-corrected chi connectivity index (χ3v) is 3.91. The monoisotopic (exact) mass is 231 g/mol. The van der Waals surface area contributed by atoms with Crippen LogP contribution in [0.25, 0.3) is 0 Å². The molecule has 1 nitrogen and oxygen atoms in total. The Bertz CT molecular complexity index is 256. The van der Waals surface area contributed by atoms with E-state index in [1.807, 2.05) is 11.3 Å². The van der Waals surface area contributed by atoms with E-state index >= 15 is 0 Å². The Morgan fingerprint density at radius 2 is 2.07 bits per heavy atom. The van der Waals surface area contributed by atoms with E-state index in [9.17, 15) is 0 Å². The van der Waals surface area contributed by atoms with Crippen LogP contribution in [0.5, 0.6) is 0 Å². The second-order valence-corrected chi connectivity index (χ2v) is 4.92. The molecule has 1 aromatic heterocycles. The fraction of sp³-hybridized carbons (Fsp3) is 0.636. The lowest BCUT2D eigenvalue weighted by molar-refractivity contribution is 0.542. The van der Waals surface area contributed by atoms with E-state index in [0.29, 0.717) is 11.9 Å². The maximum Gasteiger partial charge on any atom is 0.0377 e. The SMILES string of the molecule is CCc1ccc(CNC(CC)CCl)s1. The molecule has 0 radical (unpaired) electrons. The molecule has 0 amide bonds. The first-order valence-electron chi connectivity index (χ1n) is 5.17. The van der Waals surface area contributed by atoms with Gasteiger partial charge in [-0.15, -0.1) is 22.9 Å². The average Bonchev–Trinajstić information content (AvgIpc) is 2.67. The van der Waals surface area contributed by atoms with Gasteiger partial charge in [-0.3, -0.25) is 0 Å². The summed E-state index contributed by atoms with van der Waals surface area (Å²) in [6.07, 6.45) is 2.23. The van der Waals surface area contributed by atoms with Crippen molar-refractivity contribution >= 4 is 22.9 Å². The molecular formula is C11H18ClNS. The lowest BCUT2D eigenvalue weighted by Gasteiger charge is -2.12. The van der Waals surface area contributed by atoms with Crippen molar-refractivity contribution in [1.29, 1.82) is 0 Å². The van der Waals surface area contributed by atoms with Crippen LogP contribution in [0, 0.1) is 0 Å². The van der Waals surface area contributed by atoms with E-state index in [-0.39, 0.29) is 0 Å². The number of thiophene rings is 1. The topological polar surface area (TPSA) is 12.0 Å². The van der Waals surface area contributed by atoms with Gasteiger partial charge in [0.2, 0.25) is 0 Å². The minimum atomic E-state index is 0.448. The van der Waals surface area contributed by atoms with E-state index in [1.165, 1.54) is 9.75 Å². The molecule has 0 bridgehead atoms. The molecule has 0 saturated heterocycles. The van der Waals surface area contributed by atoms with Crippen molar-refractivity contribution in [2.24, 2.45) is 0 Å². The number of hydrogen-bond acceptors (Lipinski definition) is 2. The molecule has 14 heavy (non-hydrogen) atoms.